The van der Waals surface area contributed by atoms with Crippen LogP contribution in [0.5, 0.6) is 0 Å². The maximum Gasteiger partial charge on any atom is 0.240 e. The number of hydrogen-bond acceptors (Lipinski definition) is 2. The highest BCUT2D eigenvalue weighted by Gasteiger charge is 2.19. The molecule has 0 aliphatic carbocycles. The first-order valence-corrected chi connectivity index (χ1v) is 8.32. The molecule has 0 aliphatic heterocycles. The summed E-state index contributed by atoms with van der Waals surface area (Å²) in [5.41, 5.74) is 7.03. The number of nitrogens with two attached hydrogens (primary N) is 1. The van der Waals surface area contributed by atoms with Gasteiger partial charge >= 0.3 is 0 Å². The van der Waals surface area contributed by atoms with Gasteiger partial charge in [0.15, 0.2) is 0 Å². The van der Waals surface area contributed by atoms with E-state index < -0.39 is 11.9 Å². The molecule has 0 aromatic heterocycles. The van der Waals surface area contributed by atoms with Gasteiger partial charge in [0.2, 0.25) is 11.8 Å². The fourth-order valence-electron chi connectivity index (χ4n) is 2.86. The molecule has 4 nitrogen and oxygen atoms in total. The van der Waals surface area contributed by atoms with Crippen LogP contribution in [0.2, 0.25) is 0 Å². The van der Waals surface area contributed by atoms with Crippen LogP contribution >= 0.6 is 0 Å². The van der Waals surface area contributed by atoms with Crippen molar-refractivity contribution in [3.05, 3.63) is 83.7 Å². The van der Waals surface area contributed by atoms with Gasteiger partial charge in [0.05, 0.1) is 6.42 Å². The maximum atomic E-state index is 12.9. The molecule has 3 N–H and O–H groups in total. The zero-order chi connectivity index (χ0) is 18.5. The molecule has 0 fully saturated rings. The molecule has 0 saturated carbocycles. The molecule has 2 amide bonds. The molecule has 3 rings (SSSR count). The van der Waals surface area contributed by atoms with Crippen LogP contribution in [0.25, 0.3) is 10.8 Å². The smallest absolute Gasteiger partial charge is 0.240 e. The number of fused-ring (bicyclic) bond motifs is 1. The largest absolute Gasteiger partial charge is 0.368 e. The standard InChI is InChI=1S/C21H19FN2O2/c22-18-9-6-14(7-10-18)13-20(25)24-19(21(23)26)12-15-5-8-16-3-1-2-4-17(16)11-15/h1-11,19H,12-13H2,(H2,23,26)(H,24,25)/t19-/m1/s1. The maximum absolute atomic E-state index is 12.9. The van der Waals surface area contributed by atoms with E-state index in [0.717, 1.165) is 16.3 Å². The van der Waals surface area contributed by atoms with Crippen molar-refractivity contribution in [3.63, 3.8) is 0 Å². The lowest BCUT2D eigenvalue weighted by Crippen LogP contribution is -2.46. The second kappa shape index (κ2) is 7.78. The molecule has 3 aromatic rings. The van der Waals surface area contributed by atoms with Crippen LogP contribution in [0, 0.1) is 5.82 Å². The van der Waals surface area contributed by atoms with Gasteiger partial charge < -0.3 is 11.1 Å². The van der Waals surface area contributed by atoms with E-state index in [9.17, 15) is 14.0 Å². The first-order valence-electron chi connectivity index (χ1n) is 8.32. The highest BCUT2D eigenvalue weighted by molar-refractivity contribution is 5.88. The Bertz CT molecular complexity index is 938. The van der Waals surface area contributed by atoms with E-state index in [4.69, 9.17) is 5.73 Å². The first-order chi connectivity index (χ1) is 12.5. The minimum atomic E-state index is -0.802. The molecule has 0 radical (unpaired) electrons. The van der Waals surface area contributed by atoms with Crippen LogP contribution in [0.1, 0.15) is 11.1 Å². The van der Waals surface area contributed by atoms with E-state index in [-0.39, 0.29) is 18.1 Å². The molecule has 26 heavy (non-hydrogen) atoms. The van der Waals surface area contributed by atoms with Crippen LogP contribution in [-0.4, -0.2) is 17.9 Å². The van der Waals surface area contributed by atoms with Crippen LogP contribution in [0.3, 0.4) is 0 Å². The van der Waals surface area contributed by atoms with E-state index in [1.807, 2.05) is 42.5 Å². The van der Waals surface area contributed by atoms with Crippen molar-refractivity contribution in [3.8, 4) is 0 Å². The Morgan fingerprint density at radius 2 is 1.58 bits per heavy atom. The zero-order valence-corrected chi connectivity index (χ0v) is 14.1. The quantitative estimate of drug-likeness (QED) is 0.717. The lowest BCUT2D eigenvalue weighted by Gasteiger charge is -2.16. The Balaban J connectivity index is 1.68. The molecule has 0 heterocycles. The average Bonchev–Trinajstić information content (AvgIpc) is 2.63. The van der Waals surface area contributed by atoms with Gasteiger partial charge in [-0.1, -0.05) is 54.6 Å². The van der Waals surface area contributed by atoms with Gasteiger partial charge in [-0.3, -0.25) is 9.59 Å². The number of nitrogens with one attached hydrogen (secondary N) is 1. The molecule has 132 valence electrons. The van der Waals surface area contributed by atoms with Crippen LogP contribution in [-0.2, 0) is 22.4 Å². The monoisotopic (exact) mass is 350 g/mol. The molecule has 0 saturated heterocycles. The predicted molar refractivity (Wildman–Crippen MR) is 98.9 cm³/mol. The van der Waals surface area contributed by atoms with Crippen molar-refractivity contribution in [2.75, 3.05) is 0 Å². The summed E-state index contributed by atoms with van der Waals surface area (Å²) in [7, 11) is 0. The van der Waals surface area contributed by atoms with Gasteiger partial charge in [0.1, 0.15) is 11.9 Å². The van der Waals surface area contributed by atoms with E-state index in [1.54, 1.807) is 0 Å². The van der Waals surface area contributed by atoms with E-state index in [1.165, 1.54) is 24.3 Å². The number of primary amides is 1. The normalized spacial score (nSPS) is 11.9. The topological polar surface area (TPSA) is 72.2 Å². The molecule has 0 bridgehead atoms. The summed E-state index contributed by atoms with van der Waals surface area (Å²) >= 11 is 0. The lowest BCUT2D eigenvalue weighted by molar-refractivity contribution is -0.127. The molecule has 0 aliphatic rings. The summed E-state index contributed by atoms with van der Waals surface area (Å²) < 4.78 is 12.9. The number of carbonyl (C=O) groups excluding carboxylic acids is 2. The van der Waals surface area contributed by atoms with Gasteiger partial charge in [-0.05, 0) is 34.0 Å². The molecular weight excluding hydrogens is 331 g/mol. The van der Waals surface area contributed by atoms with Crippen LogP contribution in [0.15, 0.2) is 66.7 Å². The fraction of sp³-hybridized carbons (Fsp3) is 0.143. The third-order valence-corrected chi connectivity index (χ3v) is 4.21. The number of amides is 2. The Morgan fingerprint density at radius 3 is 2.27 bits per heavy atom. The molecule has 1 atom stereocenters. The van der Waals surface area contributed by atoms with E-state index in [0.29, 0.717) is 12.0 Å². The number of carbonyl (C=O) groups is 2. The van der Waals surface area contributed by atoms with Crippen molar-refractivity contribution in [2.45, 2.75) is 18.9 Å². The Kier molecular flexibility index (Phi) is 5.27. The molecule has 5 heteroatoms. The third kappa shape index (κ3) is 4.45. The Hall–Kier alpha value is -3.21. The summed E-state index contributed by atoms with van der Waals surface area (Å²) in [5, 5.41) is 4.83. The summed E-state index contributed by atoms with van der Waals surface area (Å²) in [6, 6.07) is 18.7. The van der Waals surface area contributed by atoms with Gasteiger partial charge in [-0.2, -0.15) is 0 Å². The van der Waals surface area contributed by atoms with Crippen molar-refractivity contribution >= 4 is 22.6 Å². The van der Waals surface area contributed by atoms with Crippen molar-refractivity contribution in [1.29, 1.82) is 0 Å². The molecule has 3 aromatic carbocycles. The van der Waals surface area contributed by atoms with Crippen LogP contribution in [0.4, 0.5) is 4.39 Å². The first kappa shape index (κ1) is 17.6. The molecule has 0 unspecified atom stereocenters. The van der Waals surface area contributed by atoms with Crippen molar-refractivity contribution in [1.82, 2.24) is 5.32 Å². The number of halogens is 1. The predicted octanol–water partition coefficient (Wildman–Crippen LogP) is 2.73. The summed E-state index contributed by atoms with van der Waals surface area (Å²) in [5.74, 6) is -1.28. The van der Waals surface area contributed by atoms with Crippen molar-refractivity contribution < 1.29 is 14.0 Å². The second-order valence-corrected chi connectivity index (χ2v) is 6.21. The average molecular weight is 350 g/mol. The van der Waals surface area contributed by atoms with Gasteiger partial charge in [0, 0.05) is 6.42 Å². The second-order valence-electron chi connectivity index (χ2n) is 6.21. The third-order valence-electron chi connectivity index (χ3n) is 4.21. The zero-order valence-electron chi connectivity index (χ0n) is 14.1. The highest BCUT2D eigenvalue weighted by Crippen LogP contribution is 2.16. The number of hydrogen-bond donors (Lipinski definition) is 2. The summed E-state index contributed by atoms with van der Waals surface area (Å²) in [6.45, 7) is 0. The van der Waals surface area contributed by atoms with Crippen LogP contribution < -0.4 is 11.1 Å². The molecule has 0 spiro atoms. The van der Waals surface area contributed by atoms with E-state index >= 15 is 0 Å². The van der Waals surface area contributed by atoms with Crippen molar-refractivity contribution in [2.24, 2.45) is 5.73 Å². The van der Waals surface area contributed by atoms with E-state index in [2.05, 4.69) is 5.32 Å². The Morgan fingerprint density at radius 1 is 0.923 bits per heavy atom. The summed E-state index contributed by atoms with van der Waals surface area (Å²) in [6.07, 6.45) is 0.372. The SMILES string of the molecule is NC(=O)[C@@H](Cc1ccc2ccccc2c1)NC(=O)Cc1ccc(F)cc1. The van der Waals surface area contributed by atoms with Gasteiger partial charge in [-0.15, -0.1) is 0 Å². The fourth-order valence-corrected chi connectivity index (χ4v) is 2.86. The highest BCUT2D eigenvalue weighted by atomic mass is 19.1. The van der Waals surface area contributed by atoms with Gasteiger partial charge in [0.25, 0.3) is 0 Å². The number of rotatable bonds is 6. The lowest BCUT2D eigenvalue weighted by atomic mass is 10.0. The molecular formula is C21H19FN2O2. The number of benzene rings is 3. The minimum Gasteiger partial charge on any atom is -0.368 e. The summed E-state index contributed by atoms with van der Waals surface area (Å²) in [4.78, 5) is 24.0. The minimum absolute atomic E-state index is 0.0573. The Labute approximate surface area is 150 Å². The van der Waals surface area contributed by atoms with Gasteiger partial charge in [-0.25, -0.2) is 4.39 Å².